The molecule has 32 heavy (non-hydrogen) atoms. The van der Waals surface area contributed by atoms with Gasteiger partial charge in [0.1, 0.15) is 0 Å². The van der Waals surface area contributed by atoms with Gasteiger partial charge in [-0.1, -0.05) is 6.07 Å². The monoisotopic (exact) mass is 437 g/mol. The maximum atomic E-state index is 13.9. The van der Waals surface area contributed by atoms with Gasteiger partial charge in [0.2, 0.25) is 5.91 Å². The van der Waals surface area contributed by atoms with Gasteiger partial charge in [-0.25, -0.2) is 4.39 Å². The SMILES string of the molecule is O=Cc1cc(C(=O)N2CCC3(CC2)C(=O)Nc2cc(N4CCCC4)ccc23)cc(F)c1O. The number of carbonyl (C=O) groups excluding carboxylic acids is 3. The first kappa shape index (κ1) is 20.5. The summed E-state index contributed by atoms with van der Waals surface area (Å²) in [5, 5.41) is 12.6. The molecule has 0 atom stereocenters. The van der Waals surface area contributed by atoms with Crippen LogP contribution in [0, 0.1) is 5.82 Å². The van der Waals surface area contributed by atoms with Crippen molar-refractivity contribution in [3.8, 4) is 5.75 Å². The Morgan fingerprint density at radius 1 is 1.09 bits per heavy atom. The number of phenolic OH excluding ortho intramolecular Hbond substituents is 1. The van der Waals surface area contributed by atoms with Gasteiger partial charge in [-0.15, -0.1) is 0 Å². The first-order valence-corrected chi connectivity index (χ1v) is 10.9. The summed E-state index contributed by atoms with van der Waals surface area (Å²) in [4.78, 5) is 40.9. The molecule has 0 aromatic heterocycles. The van der Waals surface area contributed by atoms with Gasteiger partial charge in [0.05, 0.1) is 11.0 Å². The highest BCUT2D eigenvalue weighted by atomic mass is 19.1. The topological polar surface area (TPSA) is 90.0 Å². The molecule has 0 radical (unpaired) electrons. The fourth-order valence-electron chi connectivity index (χ4n) is 5.19. The number of anilines is 2. The fraction of sp³-hybridized carbons (Fsp3) is 0.375. The lowest BCUT2D eigenvalue weighted by Crippen LogP contribution is -2.48. The molecule has 7 nitrogen and oxygen atoms in total. The molecular weight excluding hydrogens is 413 g/mol. The van der Waals surface area contributed by atoms with Crippen molar-refractivity contribution in [1.29, 1.82) is 0 Å². The van der Waals surface area contributed by atoms with Crippen molar-refractivity contribution in [2.24, 2.45) is 0 Å². The van der Waals surface area contributed by atoms with Crippen LogP contribution in [0.25, 0.3) is 0 Å². The Hall–Kier alpha value is -3.42. The van der Waals surface area contributed by atoms with Crippen LogP contribution >= 0.6 is 0 Å². The largest absolute Gasteiger partial charge is 0.504 e. The number of phenols is 1. The van der Waals surface area contributed by atoms with Crippen LogP contribution in [0.3, 0.4) is 0 Å². The molecule has 0 bridgehead atoms. The lowest BCUT2D eigenvalue weighted by molar-refractivity contribution is -0.122. The molecule has 0 aliphatic carbocycles. The molecule has 2 aromatic carbocycles. The Morgan fingerprint density at radius 2 is 1.81 bits per heavy atom. The third-order valence-corrected chi connectivity index (χ3v) is 7.04. The Balaban J connectivity index is 1.35. The molecule has 1 spiro atoms. The van der Waals surface area contributed by atoms with Crippen LogP contribution in [0.5, 0.6) is 5.75 Å². The standard InChI is InChI=1S/C24H24FN3O4/c25-19-12-15(11-16(14-29)21(19)30)22(31)28-9-5-24(6-10-28)18-4-3-17(27-7-1-2-8-27)13-20(18)26-23(24)32/h3-4,11-14,30H,1-2,5-10H2,(H,26,32). The second-order valence-corrected chi connectivity index (χ2v) is 8.77. The highest BCUT2D eigenvalue weighted by Gasteiger charge is 2.49. The van der Waals surface area contributed by atoms with Crippen LogP contribution < -0.4 is 10.2 Å². The molecule has 2 fully saturated rings. The summed E-state index contributed by atoms with van der Waals surface area (Å²) < 4.78 is 13.9. The van der Waals surface area contributed by atoms with Crippen molar-refractivity contribution in [2.45, 2.75) is 31.1 Å². The van der Waals surface area contributed by atoms with Gasteiger partial charge in [-0.05, 0) is 55.5 Å². The third kappa shape index (κ3) is 3.13. The summed E-state index contributed by atoms with van der Waals surface area (Å²) in [5.74, 6) is -2.24. The average Bonchev–Trinajstić information content (AvgIpc) is 3.43. The Labute approximate surface area is 184 Å². The van der Waals surface area contributed by atoms with Gasteiger partial charge in [-0.3, -0.25) is 14.4 Å². The molecule has 3 aliphatic heterocycles. The maximum absolute atomic E-state index is 13.9. The van der Waals surface area contributed by atoms with Gasteiger partial charge in [0, 0.05) is 43.1 Å². The van der Waals surface area contributed by atoms with Gasteiger partial charge >= 0.3 is 0 Å². The summed E-state index contributed by atoms with van der Waals surface area (Å²) in [6.45, 7) is 2.72. The van der Waals surface area contributed by atoms with E-state index in [9.17, 15) is 23.9 Å². The van der Waals surface area contributed by atoms with Gasteiger partial charge in [0.15, 0.2) is 17.9 Å². The number of halogens is 1. The Morgan fingerprint density at radius 3 is 2.50 bits per heavy atom. The minimum atomic E-state index is -1.01. The van der Waals surface area contributed by atoms with Crippen molar-refractivity contribution in [1.82, 2.24) is 4.90 Å². The third-order valence-electron chi connectivity index (χ3n) is 7.04. The molecule has 2 amide bonds. The van der Waals surface area contributed by atoms with E-state index in [1.807, 2.05) is 12.1 Å². The van der Waals surface area contributed by atoms with Crippen LogP contribution in [-0.2, 0) is 10.2 Å². The van der Waals surface area contributed by atoms with E-state index in [4.69, 9.17) is 0 Å². The van der Waals surface area contributed by atoms with E-state index in [0.717, 1.165) is 36.1 Å². The predicted molar refractivity (Wildman–Crippen MR) is 117 cm³/mol. The summed E-state index contributed by atoms with van der Waals surface area (Å²) in [6.07, 6.45) is 3.59. The van der Waals surface area contributed by atoms with E-state index in [1.165, 1.54) is 18.9 Å². The Kier molecular flexibility index (Phi) is 4.87. The number of nitrogens with zero attached hydrogens (tertiary/aromatic N) is 2. The number of aromatic hydroxyl groups is 1. The lowest BCUT2D eigenvalue weighted by atomic mass is 9.73. The van der Waals surface area contributed by atoms with Crippen LogP contribution in [-0.4, -0.2) is 54.3 Å². The number of hydrogen-bond donors (Lipinski definition) is 2. The number of piperidine rings is 1. The van der Waals surface area contributed by atoms with Crippen molar-refractivity contribution in [2.75, 3.05) is 36.4 Å². The van der Waals surface area contributed by atoms with Gasteiger partial charge in [0.25, 0.3) is 5.91 Å². The van der Waals surface area contributed by atoms with Crippen LogP contribution in [0.1, 0.15) is 52.0 Å². The lowest BCUT2D eigenvalue weighted by Gasteiger charge is -2.38. The average molecular weight is 437 g/mol. The smallest absolute Gasteiger partial charge is 0.253 e. The second-order valence-electron chi connectivity index (χ2n) is 8.77. The van der Waals surface area contributed by atoms with Crippen molar-refractivity contribution in [3.63, 3.8) is 0 Å². The number of rotatable bonds is 3. The molecule has 0 saturated carbocycles. The Bertz CT molecular complexity index is 1120. The van der Waals surface area contributed by atoms with Crippen LogP contribution in [0.2, 0.25) is 0 Å². The van der Waals surface area contributed by atoms with E-state index >= 15 is 0 Å². The van der Waals surface area contributed by atoms with E-state index in [2.05, 4.69) is 16.3 Å². The number of amides is 2. The van der Waals surface area contributed by atoms with Gasteiger partial charge in [-0.2, -0.15) is 0 Å². The molecule has 3 aliphatic rings. The molecule has 2 saturated heterocycles. The highest BCUT2D eigenvalue weighted by molar-refractivity contribution is 6.07. The molecule has 0 unspecified atom stereocenters. The highest BCUT2D eigenvalue weighted by Crippen LogP contribution is 2.46. The van der Waals surface area contributed by atoms with Crippen molar-refractivity contribution < 1.29 is 23.9 Å². The molecule has 3 heterocycles. The predicted octanol–water partition coefficient (Wildman–Crippen LogP) is 3.07. The van der Waals surface area contributed by atoms with Crippen molar-refractivity contribution >= 4 is 29.5 Å². The molecule has 5 rings (SSSR count). The second kappa shape index (κ2) is 7.62. The zero-order valence-electron chi connectivity index (χ0n) is 17.6. The van der Waals surface area contributed by atoms with Gasteiger partial charge < -0.3 is 20.2 Å². The minimum Gasteiger partial charge on any atom is -0.504 e. The van der Waals surface area contributed by atoms with Crippen LogP contribution in [0.4, 0.5) is 15.8 Å². The first-order valence-electron chi connectivity index (χ1n) is 10.9. The molecule has 2 N–H and O–H groups in total. The number of fused-ring (bicyclic) bond motifs is 2. The number of carbonyl (C=O) groups is 3. The minimum absolute atomic E-state index is 0.00452. The zero-order valence-corrected chi connectivity index (χ0v) is 17.6. The zero-order chi connectivity index (χ0) is 22.5. The number of hydrogen-bond acceptors (Lipinski definition) is 5. The number of benzene rings is 2. The van der Waals surface area contributed by atoms with Crippen LogP contribution in [0.15, 0.2) is 30.3 Å². The number of nitrogens with one attached hydrogen (secondary N) is 1. The van der Waals surface area contributed by atoms with E-state index < -0.39 is 22.9 Å². The molecule has 8 heteroatoms. The molecular formula is C24H24FN3O4. The summed E-state index contributed by atoms with van der Waals surface area (Å²) >= 11 is 0. The summed E-state index contributed by atoms with van der Waals surface area (Å²) in [7, 11) is 0. The summed E-state index contributed by atoms with van der Waals surface area (Å²) in [5.41, 5.74) is 1.99. The molecule has 2 aromatic rings. The quantitative estimate of drug-likeness (QED) is 0.721. The fourth-order valence-corrected chi connectivity index (χ4v) is 5.19. The number of aldehydes is 1. The number of likely N-dealkylation sites (tertiary alicyclic amines) is 1. The van der Waals surface area contributed by atoms with E-state index in [1.54, 1.807) is 4.90 Å². The maximum Gasteiger partial charge on any atom is 0.253 e. The first-order chi connectivity index (χ1) is 15.4. The summed E-state index contributed by atoms with van der Waals surface area (Å²) in [6, 6.07) is 8.28. The molecule has 166 valence electrons. The van der Waals surface area contributed by atoms with E-state index in [-0.39, 0.29) is 17.0 Å². The van der Waals surface area contributed by atoms with E-state index in [0.29, 0.717) is 32.2 Å². The van der Waals surface area contributed by atoms with Crippen molar-refractivity contribution in [3.05, 3.63) is 52.8 Å². The normalized spacial score (nSPS) is 19.2.